The van der Waals surface area contributed by atoms with Crippen molar-refractivity contribution in [1.29, 1.82) is 0 Å². The van der Waals surface area contributed by atoms with Gasteiger partial charge in [0.15, 0.2) is 0 Å². The molecule has 0 bridgehead atoms. The molecule has 0 spiro atoms. The summed E-state index contributed by atoms with van der Waals surface area (Å²) in [6.07, 6.45) is 5.31. The van der Waals surface area contributed by atoms with Crippen molar-refractivity contribution in [3.63, 3.8) is 0 Å². The fourth-order valence-corrected chi connectivity index (χ4v) is 2.48. The Bertz CT molecular complexity index is 592. The van der Waals surface area contributed by atoms with Crippen molar-refractivity contribution >= 4 is 11.9 Å². The van der Waals surface area contributed by atoms with E-state index in [9.17, 15) is 0 Å². The van der Waals surface area contributed by atoms with Crippen LogP contribution in [-0.4, -0.2) is 48.8 Å². The summed E-state index contributed by atoms with van der Waals surface area (Å²) < 4.78 is 1.54. The number of hydrogen-bond donors (Lipinski definition) is 1. The maximum Gasteiger partial charge on any atom is 0.258 e. The zero-order chi connectivity index (χ0) is 14.2. The van der Waals surface area contributed by atoms with E-state index in [1.54, 1.807) is 13.4 Å². The first-order chi connectivity index (χ1) is 9.60. The van der Waals surface area contributed by atoms with Crippen LogP contribution in [-0.2, 0) is 0 Å². The highest BCUT2D eigenvalue weighted by Gasteiger charge is 2.34. The lowest BCUT2D eigenvalue weighted by Gasteiger charge is -2.31. The van der Waals surface area contributed by atoms with Gasteiger partial charge in [0.25, 0.3) is 5.95 Å². The zero-order valence-corrected chi connectivity index (χ0v) is 11.9. The second kappa shape index (κ2) is 4.69. The maximum atomic E-state index is 4.53. The summed E-state index contributed by atoms with van der Waals surface area (Å²) in [5.74, 6) is 1.68. The SMILES string of the molecule is CNc1nc(N2CCCC2(C)C)nc(-n2cncn2)n1. The Kier molecular flexibility index (Phi) is 3.00. The normalized spacial score (nSPS) is 17.4. The van der Waals surface area contributed by atoms with E-state index >= 15 is 0 Å². The van der Waals surface area contributed by atoms with Gasteiger partial charge in [0.05, 0.1) is 0 Å². The van der Waals surface area contributed by atoms with Crippen LogP contribution in [0.2, 0.25) is 0 Å². The average Bonchev–Trinajstić information content (AvgIpc) is 3.07. The van der Waals surface area contributed by atoms with E-state index in [0.717, 1.165) is 19.4 Å². The van der Waals surface area contributed by atoms with E-state index in [4.69, 9.17) is 0 Å². The molecule has 0 unspecified atom stereocenters. The van der Waals surface area contributed by atoms with Gasteiger partial charge in [0.1, 0.15) is 12.7 Å². The number of rotatable bonds is 3. The molecule has 1 N–H and O–H groups in total. The van der Waals surface area contributed by atoms with Crippen LogP contribution in [0.15, 0.2) is 12.7 Å². The maximum absolute atomic E-state index is 4.53. The Morgan fingerprint density at radius 2 is 2.00 bits per heavy atom. The molecule has 0 aliphatic carbocycles. The third-order valence-corrected chi connectivity index (χ3v) is 3.60. The zero-order valence-electron chi connectivity index (χ0n) is 11.9. The minimum Gasteiger partial charge on any atom is -0.357 e. The molecule has 8 nitrogen and oxygen atoms in total. The Labute approximate surface area is 117 Å². The first-order valence-corrected chi connectivity index (χ1v) is 6.67. The number of nitrogens with zero attached hydrogens (tertiary/aromatic N) is 7. The molecule has 3 rings (SSSR count). The van der Waals surface area contributed by atoms with Crippen molar-refractivity contribution in [2.75, 3.05) is 23.8 Å². The molecule has 20 heavy (non-hydrogen) atoms. The van der Waals surface area contributed by atoms with Gasteiger partial charge in [0, 0.05) is 19.1 Å². The number of hydrogen-bond acceptors (Lipinski definition) is 7. The van der Waals surface area contributed by atoms with Crippen LogP contribution in [0.1, 0.15) is 26.7 Å². The van der Waals surface area contributed by atoms with E-state index in [0.29, 0.717) is 17.8 Å². The summed E-state index contributed by atoms with van der Waals surface area (Å²) in [6, 6.07) is 0. The molecular weight excluding hydrogens is 256 g/mol. The molecule has 2 aromatic heterocycles. The molecule has 0 aromatic carbocycles. The summed E-state index contributed by atoms with van der Waals surface area (Å²) in [4.78, 5) is 19.5. The third kappa shape index (κ3) is 2.17. The van der Waals surface area contributed by atoms with E-state index in [1.165, 1.54) is 11.0 Å². The molecule has 0 radical (unpaired) electrons. The van der Waals surface area contributed by atoms with Crippen molar-refractivity contribution in [2.24, 2.45) is 0 Å². The van der Waals surface area contributed by atoms with E-state index in [1.807, 2.05) is 0 Å². The molecule has 1 fully saturated rings. The predicted octanol–water partition coefficient (Wildman–Crippen LogP) is 0.873. The molecule has 0 saturated carbocycles. The standard InChI is InChI=1S/C12H18N8/c1-12(2)5-4-6-19(12)10-16-9(13-3)17-11(18-10)20-8-14-7-15-20/h7-8H,4-6H2,1-3H3,(H,13,16,17,18). The van der Waals surface area contributed by atoms with Crippen molar-refractivity contribution < 1.29 is 0 Å². The lowest BCUT2D eigenvalue weighted by molar-refractivity contribution is 0.509. The lowest BCUT2D eigenvalue weighted by atomic mass is 10.0. The van der Waals surface area contributed by atoms with Crippen LogP contribution in [0, 0.1) is 0 Å². The summed E-state index contributed by atoms with van der Waals surface area (Å²) in [5.41, 5.74) is 0.0615. The molecule has 0 atom stereocenters. The van der Waals surface area contributed by atoms with Crippen LogP contribution in [0.4, 0.5) is 11.9 Å². The van der Waals surface area contributed by atoms with Gasteiger partial charge in [-0.3, -0.25) is 0 Å². The second-order valence-corrected chi connectivity index (χ2v) is 5.42. The molecule has 0 amide bonds. The van der Waals surface area contributed by atoms with Crippen LogP contribution >= 0.6 is 0 Å². The van der Waals surface area contributed by atoms with Crippen LogP contribution < -0.4 is 10.2 Å². The first kappa shape index (κ1) is 12.8. The number of anilines is 2. The van der Waals surface area contributed by atoms with Gasteiger partial charge in [-0.1, -0.05) is 0 Å². The van der Waals surface area contributed by atoms with E-state index in [2.05, 4.69) is 49.1 Å². The topological polar surface area (TPSA) is 84.7 Å². The van der Waals surface area contributed by atoms with E-state index < -0.39 is 0 Å². The Morgan fingerprint density at radius 1 is 1.20 bits per heavy atom. The summed E-state index contributed by atoms with van der Waals surface area (Å²) in [5, 5.41) is 7.04. The van der Waals surface area contributed by atoms with Crippen molar-refractivity contribution in [3.8, 4) is 5.95 Å². The summed E-state index contributed by atoms with van der Waals surface area (Å²) in [6.45, 7) is 5.37. The Balaban J connectivity index is 2.05. The lowest BCUT2D eigenvalue weighted by Crippen LogP contribution is -2.39. The van der Waals surface area contributed by atoms with Gasteiger partial charge in [-0.05, 0) is 26.7 Å². The van der Waals surface area contributed by atoms with Gasteiger partial charge in [-0.25, -0.2) is 4.98 Å². The summed E-state index contributed by atoms with van der Waals surface area (Å²) in [7, 11) is 1.79. The fourth-order valence-electron chi connectivity index (χ4n) is 2.48. The van der Waals surface area contributed by atoms with Gasteiger partial charge in [-0.15, -0.1) is 0 Å². The molecule has 1 aliphatic heterocycles. The largest absolute Gasteiger partial charge is 0.357 e. The van der Waals surface area contributed by atoms with E-state index in [-0.39, 0.29) is 5.54 Å². The fraction of sp³-hybridized carbons (Fsp3) is 0.583. The molecule has 106 valence electrons. The molecule has 3 heterocycles. The monoisotopic (exact) mass is 274 g/mol. The van der Waals surface area contributed by atoms with Gasteiger partial charge >= 0.3 is 0 Å². The number of aromatic nitrogens is 6. The highest BCUT2D eigenvalue weighted by Crippen LogP contribution is 2.31. The Morgan fingerprint density at radius 3 is 2.60 bits per heavy atom. The predicted molar refractivity (Wildman–Crippen MR) is 74.9 cm³/mol. The highest BCUT2D eigenvalue weighted by atomic mass is 15.4. The smallest absolute Gasteiger partial charge is 0.258 e. The summed E-state index contributed by atoms with van der Waals surface area (Å²) >= 11 is 0. The van der Waals surface area contributed by atoms with Crippen molar-refractivity contribution in [2.45, 2.75) is 32.2 Å². The quantitative estimate of drug-likeness (QED) is 0.889. The first-order valence-electron chi connectivity index (χ1n) is 6.67. The average molecular weight is 274 g/mol. The molecule has 8 heteroatoms. The molecule has 2 aromatic rings. The highest BCUT2D eigenvalue weighted by molar-refractivity contribution is 5.43. The molecular formula is C12H18N8. The van der Waals surface area contributed by atoms with Crippen LogP contribution in [0.5, 0.6) is 0 Å². The minimum atomic E-state index is 0.0615. The molecule has 1 aliphatic rings. The third-order valence-electron chi connectivity index (χ3n) is 3.60. The van der Waals surface area contributed by atoms with Gasteiger partial charge < -0.3 is 10.2 Å². The molecule has 1 saturated heterocycles. The second-order valence-electron chi connectivity index (χ2n) is 5.42. The van der Waals surface area contributed by atoms with Crippen molar-refractivity contribution in [3.05, 3.63) is 12.7 Å². The minimum absolute atomic E-state index is 0.0615. The van der Waals surface area contributed by atoms with Gasteiger partial charge in [-0.2, -0.15) is 24.7 Å². The Hall–Kier alpha value is -2.25. The van der Waals surface area contributed by atoms with Gasteiger partial charge in [0.2, 0.25) is 11.9 Å². The van der Waals surface area contributed by atoms with Crippen molar-refractivity contribution in [1.82, 2.24) is 29.7 Å². The van der Waals surface area contributed by atoms with Crippen LogP contribution in [0.25, 0.3) is 5.95 Å². The van der Waals surface area contributed by atoms with Crippen LogP contribution in [0.3, 0.4) is 0 Å². The number of nitrogens with one attached hydrogen (secondary N) is 1.